The molecule has 0 unspecified atom stereocenters. The van der Waals surface area contributed by atoms with Crippen molar-refractivity contribution in [2.24, 2.45) is 0 Å². The molecule has 1 N–H and O–H groups in total. The van der Waals surface area contributed by atoms with Crippen molar-refractivity contribution in [1.82, 2.24) is 15.1 Å². The predicted octanol–water partition coefficient (Wildman–Crippen LogP) is 3.32. The van der Waals surface area contributed by atoms with Gasteiger partial charge in [-0.05, 0) is 49.7 Å². The standard InChI is InChI=1S/C17H19FN4OS/c18-14-7-4-13(5-8-14)6-9-15(23)19-17-21-20-16(24-17)12-22-10-2-1-3-11-22/h4-9H,1-3,10-12H2,(H,19,21,23)/b9-6+. The Bertz CT molecular complexity index is 708. The summed E-state index contributed by atoms with van der Waals surface area (Å²) < 4.78 is 12.8. The molecule has 0 atom stereocenters. The van der Waals surface area contributed by atoms with Crippen LogP contribution in [0.2, 0.25) is 0 Å². The highest BCUT2D eigenvalue weighted by Gasteiger charge is 2.13. The average molecular weight is 346 g/mol. The van der Waals surface area contributed by atoms with Crippen molar-refractivity contribution in [3.05, 3.63) is 46.7 Å². The van der Waals surface area contributed by atoms with Crippen molar-refractivity contribution < 1.29 is 9.18 Å². The summed E-state index contributed by atoms with van der Waals surface area (Å²) in [4.78, 5) is 14.3. The minimum Gasteiger partial charge on any atom is -0.297 e. The lowest BCUT2D eigenvalue weighted by Gasteiger charge is -2.24. The number of hydrogen-bond donors (Lipinski definition) is 1. The maximum Gasteiger partial charge on any atom is 0.250 e. The molecule has 126 valence electrons. The number of carbonyl (C=O) groups is 1. The van der Waals surface area contributed by atoms with Crippen LogP contribution < -0.4 is 5.32 Å². The molecular weight excluding hydrogens is 327 g/mol. The zero-order chi connectivity index (χ0) is 16.8. The number of amides is 1. The molecule has 0 bridgehead atoms. The van der Waals surface area contributed by atoms with Crippen LogP contribution >= 0.6 is 11.3 Å². The molecule has 3 rings (SSSR count). The maximum absolute atomic E-state index is 12.8. The van der Waals surface area contributed by atoms with E-state index in [-0.39, 0.29) is 11.7 Å². The van der Waals surface area contributed by atoms with Gasteiger partial charge in [0.25, 0.3) is 0 Å². The number of hydrogen-bond acceptors (Lipinski definition) is 5. The van der Waals surface area contributed by atoms with Crippen LogP contribution in [0.15, 0.2) is 30.3 Å². The van der Waals surface area contributed by atoms with Gasteiger partial charge in [0.1, 0.15) is 10.8 Å². The minimum atomic E-state index is -0.299. The minimum absolute atomic E-state index is 0.278. The lowest BCUT2D eigenvalue weighted by atomic mass is 10.1. The Morgan fingerprint density at radius 3 is 2.71 bits per heavy atom. The normalized spacial score (nSPS) is 15.7. The van der Waals surface area contributed by atoms with E-state index in [1.54, 1.807) is 18.2 Å². The Morgan fingerprint density at radius 2 is 1.96 bits per heavy atom. The number of nitrogens with zero attached hydrogens (tertiary/aromatic N) is 3. The maximum atomic E-state index is 12.8. The summed E-state index contributed by atoms with van der Waals surface area (Å²) >= 11 is 1.40. The van der Waals surface area contributed by atoms with Crippen LogP contribution in [-0.4, -0.2) is 34.1 Å². The number of likely N-dealkylation sites (tertiary alicyclic amines) is 1. The third-order valence-corrected chi connectivity index (χ3v) is 4.63. The molecule has 2 heterocycles. The monoisotopic (exact) mass is 346 g/mol. The summed E-state index contributed by atoms with van der Waals surface area (Å²) in [5, 5.41) is 12.3. The first-order valence-corrected chi connectivity index (χ1v) is 8.80. The SMILES string of the molecule is O=C(/C=C/c1ccc(F)cc1)Nc1nnc(CN2CCCCC2)s1. The molecule has 0 radical (unpaired) electrons. The third-order valence-electron chi connectivity index (χ3n) is 3.80. The highest BCUT2D eigenvalue weighted by atomic mass is 32.1. The van der Waals surface area contributed by atoms with Crippen molar-refractivity contribution >= 4 is 28.5 Å². The first-order valence-electron chi connectivity index (χ1n) is 7.98. The van der Waals surface area contributed by atoms with Gasteiger partial charge in [-0.15, -0.1) is 10.2 Å². The van der Waals surface area contributed by atoms with Crippen LogP contribution in [0.1, 0.15) is 29.8 Å². The molecular formula is C17H19FN4OS. The van der Waals surface area contributed by atoms with Gasteiger partial charge in [-0.1, -0.05) is 29.9 Å². The highest BCUT2D eigenvalue weighted by molar-refractivity contribution is 7.15. The van der Waals surface area contributed by atoms with Gasteiger partial charge in [-0.2, -0.15) is 0 Å². The second-order valence-electron chi connectivity index (χ2n) is 5.71. The Labute approximate surface area is 144 Å². The number of rotatable bonds is 5. The molecule has 7 heteroatoms. The molecule has 0 spiro atoms. The summed E-state index contributed by atoms with van der Waals surface area (Å²) in [6, 6.07) is 5.94. The van der Waals surface area contributed by atoms with E-state index in [4.69, 9.17) is 0 Å². The smallest absolute Gasteiger partial charge is 0.250 e. The Morgan fingerprint density at radius 1 is 1.21 bits per heavy atom. The number of piperidine rings is 1. The van der Waals surface area contributed by atoms with Crippen molar-refractivity contribution in [3.8, 4) is 0 Å². The lowest BCUT2D eigenvalue weighted by Crippen LogP contribution is -2.28. The summed E-state index contributed by atoms with van der Waals surface area (Å²) in [6.07, 6.45) is 6.80. The summed E-state index contributed by atoms with van der Waals surface area (Å²) in [6.45, 7) is 2.99. The van der Waals surface area contributed by atoms with Crippen molar-refractivity contribution in [3.63, 3.8) is 0 Å². The van der Waals surface area contributed by atoms with E-state index in [1.165, 1.54) is 48.8 Å². The molecule has 0 saturated carbocycles. The molecule has 2 aromatic rings. The lowest BCUT2D eigenvalue weighted by molar-refractivity contribution is -0.111. The molecule has 1 fully saturated rings. The van der Waals surface area contributed by atoms with Crippen molar-refractivity contribution in [2.45, 2.75) is 25.8 Å². The number of aromatic nitrogens is 2. The molecule has 24 heavy (non-hydrogen) atoms. The van der Waals surface area contributed by atoms with Crippen LogP contribution in [-0.2, 0) is 11.3 Å². The fourth-order valence-electron chi connectivity index (χ4n) is 2.57. The molecule has 1 aliphatic rings. The fourth-order valence-corrected chi connectivity index (χ4v) is 3.35. The summed E-state index contributed by atoms with van der Waals surface area (Å²) in [5.74, 6) is -0.577. The van der Waals surface area contributed by atoms with Crippen LogP contribution in [0, 0.1) is 5.82 Å². The van der Waals surface area contributed by atoms with Crippen LogP contribution in [0.4, 0.5) is 9.52 Å². The van der Waals surface area contributed by atoms with E-state index in [0.29, 0.717) is 5.13 Å². The van der Waals surface area contributed by atoms with Crippen LogP contribution in [0.3, 0.4) is 0 Å². The number of carbonyl (C=O) groups excluding carboxylic acids is 1. The summed E-state index contributed by atoms with van der Waals surface area (Å²) in [5.41, 5.74) is 0.759. The van der Waals surface area contributed by atoms with E-state index in [9.17, 15) is 9.18 Å². The van der Waals surface area contributed by atoms with E-state index in [0.717, 1.165) is 30.2 Å². The topological polar surface area (TPSA) is 58.1 Å². The second-order valence-corrected chi connectivity index (χ2v) is 6.77. The van der Waals surface area contributed by atoms with Gasteiger partial charge < -0.3 is 0 Å². The third kappa shape index (κ3) is 4.94. The zero-order valence-electron chi connectivity index (χ0n) is 13.2. The molecule has 1 aromatic heterocycles. The van der Waals surface area contributed by atoms with Gasteiger partial charge in [-0.3, -0.25) is 15.0 Å². The average Bonchev–Trinajstić information content (AvgIpc) is 3.02. The Balaban J connectivity index is 1.52. The largest absolute Gasteiger partial charge is 0.297 e. The van der Waals surface area contributed by atoms with Crippen LogP contribution in [0.25, 0.3) is 6.08 Å². The fraction of sp³-hybridized carbons (Fsp3) is 0.353. The Kier molecular flexibility index (Phi) is 5.66. The van der Waals surface area contributed by atoms with Gasteiger partial charge in [0.05, 0.1) is 6.54 Å². The summed E-state index contributed by atoms with van der Waals surface area (Å²) in [7, 11) is 0. The number of benzene rings is 1. The van der Waals surface area contributed by atoms with E-state index >= 15 is 0 Å². The highest BCUT2D eigenvalue weighted by Crippen LogP contribution is 2.19. The van der Waals surface area contributed by atoms with Crippen molar-refractivity contribution in [2.75, 3.05) is 18.4 Å². The van der Waals surface area contributed by atoms with E-state index < -0.39 is 0 Å². The number of anilines is 1. The quantitative estimate of drug-likeness (QED) is 0.844. The van der Waals surface area contributed by atoms with Gasteiger partial charge in [0, 0.05) is 6.08 Å². The first-order chi connectivity index (χ1) is 11.7. The van der Waals surface area contributed by atoms with E-state index in [2.05, 4.69) is 20.4 Å². The number of nitrogens with one attached hydrogen (secondary N) is 1. The molecule has 1 saturated heterocycles. The van der Waals surface area contributed by atoms with Crippen LogP contribution in [0.5, 0.6) is 0 Å². The first kappa shape index (κ1) is 16.7. The molecule has 1 amide bonds. The van der Waals surface area contributed by atoms with Crippen molar-refractivity contribution in [1.29, 1.82) is 0 Å². The van der Waals surface area contributed by atoms with Gasteiger partial charge >= 0.3 is 0 Å². The van der Waals surface area contributed by atoms with Gasteiger partial charge in [-0.25, -0.2) is 4.39 Å². The predicted molar refractivity (Wildman–Crippen MR) is 93.1 cm³/mol. The molecule has 1 aromatic carbocycles. The Hall–Kier alpha value is -2.12. The second kappa shape index (κ2) is 8.12. The van der Waals surface area contributed by atoms with Gasteiger partial charge in [0.15, 0.2) is 0 Å². The van der Waals surface area contributed by atoms with E-state index in [1.807, 2.05) is 0 Å². The molecule has 1 aliphatic heterocycles. The van der Waals surface area contributed by atoms with Gasteiger partial charge in [0.2, 0.25) is 11.0 Å². The molecule has 5 nitrogen and oxygen atoms in total. The zero-order valence-corrected chi connectivity index (χ0v) is 14.1. The molecule has 0 aliphatic carbocycles. The number of halogens is 1.